The van der Waals surface area contributed by atoms with Crippen molar-refractivity contribution >= 4 is 5.69 Å². The normalized spacial score (nSPS) is 10.9. The standard InChI is InChI=1S/C17H26N2O/c1-5-6-7-10-17(2,3)13-19-16-11-15(20-4)9-8-14(16)12-18/h8-9,11,19H,5-7,10,13H2,1-4H3. The molecule has 0 radical (unpaired) electrons. The number of benzene rings is 1. The van der Waals surface area contributed by atoms with Crippen LogP contribution in [0.15, 0.2) is 18.2 Å². The van der Waals surface area contributed by atoms with E-state index in [4.69, 9.17) is 10.00 Å². The molecule has 1 N–H and O–H groups in total. The third kappa shape index (κ3) is 5.13. The SMILES string of the molecule is CCCCCC(C)(C)CNc1cc(OC)ccc1C#N. The molecule has 110 valence electrons. The number of nitriles is 1. The highest BCUT2D eigenvalue weighted by Crippen LogP contribution is 2.27. The fourth-order valence-electron chi connectivity index (χ4n) is 2.17. The van der Waals surface area contributed by atoms with Gasteiger partial charge in [0.1, 0.15) is 11.8 Å². The van der Waals surface area contributed by atoms with Crippen LogP contribution in [0, 0.1) is 16.7 Å². The molecule has 0 aliphatic heterocycles. The van der Waals surface area contributed by atoms with Gasteiger partial charge in [0.15, 0.2) is 0 Å². The summed E-state index contributed by atoms with van der Waals surface area (Å²) < 4.78 is 5.22. The molecule has 0 spiro atoms. The summed E-state index contributed by atoms with van der Waals surface area (Å²) in [4.78, 5) is 0. The second kappa shape index (κ2) is 7.79. The number of unbranched alkanes of at least 4 members (excludes halogenated alkanes) is 2. The molecule has 1 rings (SSSR count). The van der Waals surface area contributed by atoms with Gasteiger partial charge < -0.3 is 10.1 Å². The first-order valence-electron chi connectivity index (χ1n) is 7.34. The molecule has 0 saturated carbocycles. The van der Waals surface area contributed by atoms with Gasteiger partial charge in [0.25, 0.3) is 0 Å². The predicted octanol–water partition coefficient (Wildman–Crippen LogP) is 4.59. The molecule has 1 aromatic rings. The van der Waals surface area contributed by atoms with Crippen molar-refractivity contribution in [3.05, 3.63) is 23.8 Å². The Morgan fingerprint density at radius 1 is 1.30 bits per heavy atom. The summed E-state index contributed by atoms with van der Waals surface area (Å²) in [6.45, 7) is 7.61. The van der Waals surface area contributed by atoms with Gasteiger partial charge in [-0.25, -0.2) is 0 Å². The molecule has 0 bridgehead atoms. The maximum atomic E-state index is 9.15. The monoisotopic (exact) mass is 274 g/mol. The van der Waals surface area contributed by atoms with Crippen LogP contribution in [0.1, 0.15) is 52.0 Å². The Morgan fingerprint density at radius 3 is 2.65 bits per heavy atom. The second-order valence-electron chi connectivity index (χ2n) is 6.00. The first-order chi connectivity index (χ1) is 9.52. The Bertz CT molecular complexity index is 461. The number of hydrogen-bond acceptors (Lipinski definition) is 3. The zero-order chi connectivity index (χ0) is 15.0. The van der Waals surface area contributed by atoms with E-state index in [1.807, 2.05) is 12.1 Å². The Hall–Kier alpha value is -1.69. The molecular formula is C17H26N2O. The fraction of sp³-hybridized carbons (Fsp3) is 0.588. The molecule has 0 aliphatic carbocycles. The van der Waals surface area contributed by atoms with Crippen molar-refractivity contribution in [2.24, 2.45) is 5.41 Å². The van der Waals surface area contributed by atoms with E-state index in [2.05, 4.69) is 32.2 Å². The molecule has 0 amide bonds. The Labute approximate surface area is 123 Å². The molecule has 1 aromatic carbocycles. The van der Waals surface area contributed by atoms with Crippen molar-refractivity contribution in [2.45, 2.75) is 46.5 Å². The van der Waals surface area contributed by atoms with Crippen LogP contribution < -0.4 is 10.1 Å². The van der Waals surface area contributed by atoms with Gasteiger partial charge in [0.05, 0.1) is 18.4 Å². The van der Waals surface area contributed by atoms with Crippen LogP contribution in [-0.2, 0) is 0 Å². The first-order valence-corrected chi connectivity index (χ1v) is 7.34. The maximum absolute atomic E-state index is 9.15. The van der Waals surface area contributed by atoms with Crippen LogP contribution in [0.3, 0.4) is 0 Å². The van der Waals surface area contributed by atoms with E-state index in [0.29, 0.717) is 5.56 Å². The second-order valence-corrected chi connectivity index (χ2v) is 6.00. The Morgan fingerprint density at radius 2 is 2.05 bits per heavy atom. The van der Waals surface area contributed by atoms with Crippen molar-refractivity contribution in [3.8, 4) is 11.8 Å². The molecule has 0 atom stereocenters. The Kier molecular flexibility index (Phi) is 6.38. The maximum Gasteiger partial charge on any atom is 0.121 e. The molecule has 20 heavy (non-hydrogen) atoms. The van der Waals surface area contributed by atoms with Gasteiger partial charge in [-0.05, 0) is 24.0 Å². The van der Waals surface area contributed by atoms with Gasteiger partial charge in [0.2, 0.25) is 0 Å². The number of ether oxygens (including phenoxy) is 1. The van der Waals surface area contributed by atoms with Gasteiger partial charge in [-0.15, -0.1) is 0 Å². The molecular weight excluding hydrogens is 248 g/mol. The van der Waals surface area contributed by atoms with Crippen molar-refractivity contribution in [1.29, 1.82) is 5.26 Å². The van der Waals surface area contributed by atoms with Crippen LogP contribution in [-0.4, -0.2) is 13.7 Å². The summed E-state index contributed by atoms with van der Waals surface area (Å²) >= 11 is 0. The van der Waals surface area contributed by atoms with Gasteiger partial charge in [-0.3, -0.25) is 0 Å². The molecule has 3 heteroatoms. The first kappa shape index (κ1) is 16.4. The van der Waals surface area contributed by atoms with Crippen LogP contribution in [0.4, 0.5) is 5.69 Å². The van der Waals surface area contributed by atoms with Crippen molar-refractivity contribution < 1.29 is 4.74 Å². The van der Waals surface area contributed by atoms with E-state index >= 15 is 0 Å². The smallest absolute Gasteiger partial charge is 0.121 e. The van der Waals surface area contributed by atoms with Gasteiger partial charge in [0, 0.05) is 12.6 Å². The minimum atomic E-state index is 0.227. The minimum absolute atomic E-state index is 0.227. The van der Waals surface area contributed by atoms with Crippen LogP contribution in [0.2, 0.25) is 0 Å². The third-order valence-electron chi connectivity index (χ3n) is 3.56. The molecule has 0 heterocycles. The van der Waals surface area contributed by atoms with Crippen molar-refractivity contribution in [3.63, 3.8) is 0 Å². The fourth-order valence-corrected chi connectivity index (χ4v) is 2.17. The predicted molar refractivity (Wildman–Crippen MR) is 84.1 cm³/mol. The lowest BCUT2D eigenvalue weighted by atomic mass is 9.86. The van der Waals surface area contributed by atoms with E-state index in [0.717, 1.165) is 18.0 Å². The van der Waals surface area contributed by atoms with Crippen molar-refractivity contribution in [2.75, 3.05) is 19.0 Å². The van der Waals surface area contributed by atoms with E-state index in [-0.39, 0.29) is 5.41 Å². The molecule has 0 aromatic heterocycles. The van der Waals surface area contributed by atoms with E-state index in [1.54, 1.807) is 13.2 Å². The number of nitrogens with zero attached hydrogens (tertiary/aromatic N) is 1. The molecule has 0 saturated heterocycles. The lowest BCUT2D eigenvalue weighted by Crippen LogP contribution is -2.23. The molecule has 0 aliphatic rings. The molecule has 0 fully saturated rings. The number of anilines is 1. The van der Waals surface area contributed by atoms with E-state index in [1.165, 1.54) is 25.7 Å². The summed E-state index contributed by atoms with van der Waals surface area (Å²) in [7, 11) is 1.64. The summed E-state index contributed by atoms with van der Waals surface area (Å²) in [5.41, 5.74) is 1.75. The Balaban J connectivity index is 2.66. The van der Waals surface area contributed by atoms with Gasteiger partial charge in [-0.2, -0.15) is 5.26 Å². The summed E-state index contributed by atoms with van der Waals surface area (Å²) in [6, 6.07) is 7.72. The quantitative estimate of drug-likeness (QED) is 0.705. The third-order valence-corrected chi connectivity index (χ3v) is 3.56. The van der Waals surface area contributed by atoms with E-state index < -0.39 is 0 Å². The minimum Gasteiger partial charge on any atom is -0.497 e. The molecule has 3 nitrogen and oxygen atoms in total. The highest BCUT2D eigenvalue weighted by atomic mass is 16.5. The number of nitrogens with one attached hydrogen (secondary N) is 1. The highest BCUT2D eigenvalue weighted by molar-refractivity contribution is 5.60. The van der Waals surface area contributed by atoms with Gasteiger partial charge in [-0.1, -0.05) is 40.0 Å². The summed E-state index contributed by atoms with van der Waals surface area (Å²) in [6.07, 6.45) is 4.98. The summed E-state index contributed by atoms with van der Waals surface area (Å²) in [5, 5.41) is 12.6. The summed E-state index contributed by atoms with van der Waals surface area (Å²) in [5.74, 6) is 0.773. The van der Waals surface area contributed by atoms with Crippen LogP contribution >= 0.6 is 0 Å². The largest absolute Gasteiger partial charge is 0.497 e. The average molecular weight is 274 g/mol. The zero-order valence-corrected chi connectivity index (χ0v) is 13.1. The van der Waals surface area contributed by atoms with Crippen LogP contribution in [0.5, 0.6) is 5.75 Å². The number of rotatable bonds is 8. The molecule has 0 unspecified atom stereocenters. The number of methoxy groups -OCH3 is 1. The highest BCUT2D eigenvalue weighted by Gasteiger charge is 2.17. The van der Waals surface area contributed by atoms with E-state index in [9.17, 15) is 0 Å². The van der Waals surface area contributed by atoms with Crippen LogP contribution in [0.25, 0.3) is 0 Å². The lowest BCUT2D eigenvalue weighted by molar-refractivity contribution is 0.342. The lowest BCUT2D eigenvalue weighted by Gasteiger charge is -2.26. The van der Waals surface area contributed by atoms with Crippen molar-refractivity contribution in [1.82, 2.24) is 0 Å². The average Bonchev–Trinajstić information content (AvgIpc) is 2.45. The topological polar surface area (TPSA) is 45.0 Å². The zero-order valence-electron chi connectivity index (χ0n) is 13.1. The number of hydrogen-bond donors (Lipinski definition) is 1. The van der Waals surface area contributed by atoms with Gasteiger partial charge >= 0.3 is 0 Å².